The lowest BCUT2D eigenvalue weighted by Gasteiger charge is -2.02. The van der Waals surface area contributed by atoms with Crippen LogP contribution in [0.1, 0.15) is 17.3 Å². The molecule has 1 aromatic rings. The van der Waals surface area contributed by atoms with Crippen molar-refractivity contribution in [2.24, 2.45) is 4.99 Å². The van der Waals surface area contributed by atoms with E-state index in [0.717, 1.165) is 0 Å². The van der Waals surface area contributed by atoms with Gasteiger partial charge in [0.15, 0.2) is 5.82 Å². The molecule has 0 amide bonds. The highest BCUT2D eigenvalue weighted by atomic mass is 16.5. The predicted octanol–water partition coefficient (Wildman–Crippen LogP) is 0.808. The summed E-state index contributed by atoms with van der Waals surface area (Å²) >= 11 is 0. The molecule has 1 rings (SSSR count). The van der Waals surface area contributed by atoms with E-state index >= 15 is 0 Å². The molecule has 15 heavy (non-hydrogen) atoms. The van der Waals surface area contributed by atoms with Crippen LogP contribution in [0.5, 0.6) is 0 Å². The zero-order chi connectivity index (χ0) is 11.3. The SMILES string of the molecule is CCOC(=O)c1cn[nH]c1/N=C/N(C)C. The number of esters is 1. The number of carbonyl (C=O) groups excluding carboxylic acids is 1. The molecule has 0 aliphatic carbocycles. The minimum Gasteiger partial charge on any atom is -0.462 e. The molecule has 0 aliphatic heterocycles. The average Bonchev–Trinajstić information content (AvgIpc) is 2.62. The lowest BCUT2D eigenvalue weighted by Crippen LogP contribution is -2.08. The van der Waals surface area contributed by atoms with Gasteiger partial charge in [-0.05, 0) is 6.92 Å². The highest BCUT2D eigenvalue weighted by Crippen LogP contribution is 2.15. The number of aliphatic imine (C=N–C) groups is 1. The van der Waals surface area contributed by atoms with Gasteiger partial charge in [-0.3, -0.25) is 5.10 Å². The fourth-order valence-electron chi connectivity index (χ4n) is 0.909. The van der Waals surface area contributed by atoms with Gasteiger partial charge in [-0.25, -0.2) is 9.79 Å². The highest BCUT2D eigenvalue weighted by Gasteiger charge is 2.13. The first kappa shape index (κ1) is 11.2. The number of aromatic nitrogens is 2. The number of aromatic amines is 1. The maximum atomic E-state index is 11.4. The van der Waals surface area contributed by atoms with Crippen molar-refractivity contribution in [1.29, 1.82) is 0 Å². The van der Waals surface area contributed by atoms with E-state index in [-0.39, 0.29) is 0 Å². The molecule has 0 radical (unpaired) electrons. The second-order valence-electron chi connectivity index (χ2n) is 3.06. The summed E-state index contributed by atoms with van der Waals surface area (Å²) in [5.41, 5.74) is 0.343. The molecule has 0 spiro atoms. The number of rotatable bonds is 4. The van der Waals surface area contributed by atoms with Crippen molar-refractivity contribution in [2.75, 3.05) is 20.7 Å². The van der Waals surface area contributed by atoms with Crippen molar-refractivity contribution in [3.8, 4) is 0 Å². The third-order valence-corrected chi connectivity index (χ3v) is 1.53. The van der Waals surface area contributed by atoms with Gasteiger partial charge in [0.25, 0.3) is 0 Å². The Bertz CT molecular complexity index is 357. The molecule has 6 nitrogen and oxygen atoms in total. The molecule has 82 valence electrons. The molecule has 0 aromatic carbocycles. The molecule has 1 N–H and O–H groups in total. The van der Waals surface area contributed by atoms with E-state index in [0.29, 0.717) is 18.0 Å². The zero-order valence-corrected chi connectivity index (χ0v) is 9.02. The number of ether oxygens (including phenoxy) is 1. The Labute approximate surface area is 87.9 Å². The topological polar surface area (TPSA) is 70.6 Å². The first-order chi connectivity index (χ1) is 7.15. The van der Waals surface area contributed by atoms with Gasteiger partial charge in [-0.2, -0.15) is 5.10 Å². The second kappa shape index (κ2) is 5.14. The van der Waals surface area contributed by atoms with Crippen molar-refractivity contribution in [2.45, 2.75) is 6.92 Å². The Hall–Kier alpha value is -1.85. The lowest BCUT2D eigenvalue weighted by atomic mass is 10.3. The van der Waals surface area contributed by atoms with E-state index in [1.54, 1.807) is 18.2 Å². The van der Waals surface area contributed by atoms with Crippen LogP contribution in [0.25, 0.3) is 0 Å². The summed E-state index contributed by atoms with van der Waals surface area (Å²) in [4.78, 5) is 17.2. The molecule has 1 heterocycles. The van der Waals surface area contributed by atoms with E-state index in [1.165, 1.54) is 6.20 Å². The van der Waals surface area contributed by atoms with Gasteiger partial charge < -0.3 is 9.64 Å². The summed E-state index contributed by atoms with van der Waals surface area (Å²) in [5, 5.41) is 6.37. The molecule has 0 bridgehead atoms. The van der Waals surface area contributed by atoms with E-state index < -0.39 is 5.97 Å². The Kier molecular flexibility index (Phi) is 3.84. The molecule has 0 fully saturated rings. The first-order valence-corrected chi connectivity index (χ1v) is 4.56. The molecular weight excluding hydrogens is 196 g/mol. The van der Waals surface area contributed by atoms with Crippen molar-refractivity contribution < 1.29 is 9.53 Å². The van der Waals surface area contributed by atoms with Gasteiger partial charge in [0.1, 0.15) is 5.56 Å². The molecule has 6 heteroatoms. The van der Waals surface area contributed by atoms with Gasteiger partial charge >= 0.3 is 5.97 Å². The van der Waals surface area contributed by atoms with Gasteiger partial charge in [0, 0.05) is 14.1 Å². The quantitative estimate of drug-likeness (QED) is 0.453. The number of hydrogen-bond donors (Lipinski definition) is 1. The minimum absolute atomic E-state index is 0.334. The molecule has 0 atom stereocenters. The molecule has 0 saturated heterocycles. The van der Waals surface area contributed by atoms with E-state index in [9.17, 15) is 4.79 Å². The van der Waals surface area contributed by atoms with Crippen molar-refractivity contribution in [1.82, 2.24) is 15.1 Å². The van der Waals surface area contributed by atoms with Gasteiger partial charge in [0.05, 0.1) is 19.1 Å². The van der Waals surface area contributed by atoms with Gasteiger partial charge in [-0.15, -0.1) is 0 Å². The monoisotopic (exact) mass is 210 g/mol. The third kappa shape index (κ3) is 3.08. The molecule has 0 aliphatic rings. The molecular formula is C9H14N4O2. The zero-order valence-electron chi connectivity index (χ0n) is 9.02. The standard InChI is InChI=1S/C9H14N4O2/c1-4-15-9(14)7-5-11-12-8(7)10-6-13(2)3/h5-6H,4H2,1-3H3,(H,11,12)/b10-6+. The van der Waals surface area contributed by atoms with Crippen molar-refractivity contribution in [3.63, 3.8) is 0 Å². The third-order valence-electron chi connectivity index (χ3n) is 1.53. The van der Waals surface area contributed by atoms with E-state index in [2.05, 4.69) is 15.2 Å². The Morgan fingerprint density at radius 2 is 2.47 bits per heavy atom. The number of nitrogens with zero attached hydrogens (tertiary/aromatic N) is 3. The number of H-pyrrole nitrogens is 1. The van der Waals surface area contributed by atoms with Crippen LogP contribution in [0.4, 0.5) is 5.82 Å². The largest absolute Gasteiger partial charge is 0.462 e. The summed E-state index contributed by atoms with van der Waals surface area (Å²) in [6.07, 6.45) is 2.98. The first-order valence-electron chi connectivity index (χ1n) is 4.56. The van der Waals surface area contributed by atoms with E-state index in [4.69, 9.17) is 4.74 Å². The van der Waals surface area contributed by atoms with Crippen LogP contribution in [0.15, 0.2) is 11.2 Å². The second-order valence-corrected chi connectivity index (χ2v) is 3.06. The maximum absolute atomic E-state index is 11.4. The van der Waals surface area contributed by atoms with Crippen molar-refractivity contribution in [3.05, 3.63) is 11.8 Å². The molecule has 0 saturated carbocycles. The van der Waals surface area contributed by atoms with Crippen LogP contribution in [0, 0.1) is 0 Å². The number of nitrogens with one attached hydrogen (secondary N) is 1. The van der Waals surface area contributed by atoms with Gasteiger partial charge in [0.2, 0.25) is 0 Å². The molecule has 1 aromatic heterocycles. The summed E-state index contributed by atoms with van der Waals surface area (Å²) in [6.45, 7) is 2.08. The normalized spacial score (nSPS) is 10.6. The van der Waals surface area contributed by atoms with Crippen LogP contribution < -0.4 is 0 Å². The number of hydrogen-bond acceptors (Lipinski definition) is 4. The summed E-state index contributed by atoms with van der Waals surface area (Å²) in [6, 6.07) is 0. The van der Waals surface area contributed by atoms with Crippen LogP contribution >= 0.6 is 0 Å². The highest BCUT2D eigenvalue weighted by molar-refractivity contribution is 5.94. The predicted molar refractivity (Wildman–Crippen MR) is 56.4 cm³/mol. The maximum Gasteiger partial charge on any atom is 0.343 e. The van der Waals surface area contributed by atoms with Crippen LogP contribution in [0.3, 0.4) is 0 Å². The van der Waals surface area contributed by atoms with Crippen LogP contribution in [-0.2, 0) is 4.74 Å². The van der Waals surface area contributed by atoms with Gasteiger partial charge in [-0.1, -0.05) is 0 Å². The molecule has 0 unspecified atom stereocenters. The Morgan fingerprint density at radius 3 is 3.07 bits per heavy atom. The van der Waals surface area contributed by atoms with E-state index in [1.807, 2.05) is 14.1 Å². The summed E-state index contributed by atoms with van der Waals surface area (Å²) in [5.74, 6) is -0.0145. The van der Waals surface area contributed by atoms with Crippen LogP contribution in [-0.4, -0.2) is 48.1 Å². The number of carbonyl (C=O) groups is 1. The summed E-state index contributed by atoms with van der Waals surface area (Å²) < 4.78 is 4.85. The Balaban J connectivity index is 2.82. The average molecular weight is 210 g/mol. The minimum atomic E-state index is -0.419. The smallest absolute Gasteiger partial charge is 0.343 e. The lowest BCUT2D eigenvalue weighted by molar-refractivity contribution is 0.0527. The van der Waals surface area contributed by atoms with Crippen LogP contribution in [0.2, 0.25) is 0 Å². The Morgan fingerprint density at radius 1 is 1.73 bits per heavy atom. The fraction of sp³-hybridized carbons (Fsp3) is 0.444. The van der Waals surface area contributed by atoms with Crippen molar-refractivity contribution >= 4 is 18.1 Å². The fourth-order valence-corrected chi connectivity index (χ4v) is 0.909. The summed E-state index contributed by atoms with van der Waals surface area (Å²) in [7, 11) is 3.67.